The van der Waals surface area contributed by atoms with Crippen molar-refractivity contribution in [3.8, 4) is 0 Å². The van der Waals surface area contributed by atoms with Crippen molar-refractivity contribution in [2.24, 2.45) is 5.92 Å². The van der Waals surface area contributed by atoms with Crippen LogP contribution in [0.3, 0.4) is 0 Å². The van der Waals surface area contributed by atoms with Crippen LogP contribution in [-0.4, -0.2) is 40.5 Å². The summed E-state index contributed by atoms with van der Waals surface area (Å²) in [6, 6.07) is 6.14. The zero-order valence-corrected chi connectivity index (χ0v) is 22.6. The third-order valence-electron chi connectivity index (χ3n) is 8.30. The molecule has 0 bridgehead atoms. The fourth-order valence-electron chi connectivity index (χ4n) is 6.09. The average molecular weight is 537 g/mol. The molecule has 1 aromatic rings. The van der Waals surface area contributed by atoms with Crippen LogP contribution in [0.25, 0.3) is 0 Å². The Labute approximate surface area is 230 Å². The van der Waals surface area contributed by atoms with Crippen molar-refractivity contribution in [2.45, 2.75) is 82.7 Å². The number of hydrogen-bond donors (Lipinski definition) is 2. The molecule has 2 saturated carbocycles. The second-order valence-corrected chi connectivity index (χ2v) is 11.2. The number of halogens is 1. The van der Waals surface area contributed by atoms with Crippen LogP contribution in [0.4, 0.5) is 0 Å². The lowest BCUT2D eigenvalue weighted by Crippen LogP contribution is -2.47. The Morgan fingerprint density at radius 1 is 1.05 bits per heavy atom. The number of likely N-dealkylation sites (tertiary alicyclic amines) is 1. The molecule has 1 amide bonds. The molecular weight excluding hydrogens is 500 g/mol. The predicted molar refractivity (Wildman–Crippen MR) is 149 cm³/mol. The lowest BCUT2D eigenvalue weighted by Gasteiger charge is -2.46. The molecule has 0 radical (unpaired) electrons. The highest BCUT2D eigenvalue weighted by molar-refractivity contribution is 6.33. The number of aliphatic carboxylic acids is 1. The lowest BCUT2D eigenvalue weighted by atomic mass is 9.78. The van der Waals surface area contributed by atoms with Gasteiger partial charge in [-0.2, -0.15) is 0 Å². The van der Waals surface area contributed by atoms with E-state index in [1.165, 1.54) is 50.5 Å². The smallest absolute Gasteiger partial charge is 0.326 e. The van der Waals surface area contributed by atoms with Crippen molar-refractivity contribution in [2.75, 3.05) is 6.54 Å². The summed E-state index contributed by atoms with van der Waals surface area (Å²) < 4.78 is 6.65. The molecule has 7 heteroatoms. The van der Waals surface area contributed by atoms with E-state index in [-0.39, 0.29) is 12.0 Å². The van der Waals surface area contributed by atoms with Gasteiger partial charge in [0.15, 0.2) is 5.88 Å². The number of ether oxygens (including phenoxy) is 1. The van der Waals surface area contributed by atoms with Gasteiger partial charge in [0, 0.05) is 19.0 Å². The summed E-state index contributed by atoms with van der Waals surface area (Å²) in [5.74, 6) is 1.07. The van der Waals surface area contributed by atoms with Crippen LogP contribution in [0.5, 0.6) is 0 Å². The van der Waals surface area contributed by atoms with Crippen molar-refractivity contribution in [3.05, 3.63) is 81.9 Å². The number of fused-ring (bicyclic) bond motifs is 1. The van der Waals surface area contributed by atoms with E-state index in [0.717, 1.165) is 42.5 Å². The minimum absolute atomic E-state index is 0.174. The Kier molecular flexibility index (Phi) is 8.58. The highest BCUT2D eigenvalue weighted by Crippen LogP contribution is 2.41. The van der Waals surface area contributed by atoms with E-state index in [4.69, 9.17) is 16.3 Å². The number of carboxylic acid groups (broad SMARTS) is 1. The average Bonchev–Trinajstić information content (AvgIpc) is 3.11. The highest BCUT2D eigenvalue weighted by atomic mass is 35.5. The molecule has 4 aliphatic rings. The van der Waals surface area contributed by atoms with Gasteiger partial charge in [0.25, 0.3) is 5.91 Å². The third-order valence-corrected chi connectivity index (χ3v) is 8.63. The van der Waals surface area contributed by atoms with Crippen molar-refractivity contribution >= 4 is 23.5 Å². The molecule has 1 aliphatic heterocycles. The van der Waals surface area contributed by atoms with Crippen LogP contribution < -0.4 is 5.32 Å². The number of carbonyl (C=O) groups is 2. The summed E-state index contributed by atoms with van der Waals surface area (Å²) in [7, 11) is 0. The van der Waals surface area contributed by atoms with E-state index < -0.39 is 17.9 Å². The van der Waals surface area contributed by atoms with Crippen LogP contribution in [0.1, 0.15) is 81.0 Å². The van der Waals surface area contributed by atoms with Crippen LogP contribution >= 0.6 is 11.6 Å². The molecule has 6 nitrogen and oxygen atoms in total. The molecular formula is C31H37ClN2O4. The number of benzene rings is 1. The molecule has 3 atom stereocenters. The van der Waals surface area contributed by atoms with Crippen LogP contribution in [0, 0.1) is 5.92 Å². The van der Waals surface area contributed by atoms with Gasteiger partial charge in [0.2, 0.25) is 0 Å². The fraction of sp³-hybridized carbons (Fsp3) is 0.484. The number of nitrogens with one attached hydrogen (secondary N) is 1. The maximum atomic E-state index is 12.7. The lowest BCUT2D eigenvalue weighted by molar-refractivity contribution is -0.139. The molecule has 38 heavy (non-hydrogen) atoms. The minimum Gasteiger partial charge on any atom is -0.480 e. The summed E-state index contributed by atoms with van der Waals surface area (Å²) in [6.07, 6.45) is 19.9. The highest BCUT2D eigenvalue weighted by Gasteiger charge is 2.36. The Hall–Kier alpha value is -2.99. The molecule has 0 aromatic heterocycles. The number of amides is 1. The van der Waals surface area contributed by atoms with Gasteiger partial charge in [-0.3, -0.25) is 4.79 Å². The second-order valence-electron chi connectivity index (χ2n) is 10.8. The molecule has 0 spiro atoms. The Morgan fingerprint density at radius 2 is 1.84 bits per heavy atom. The topological polar surface area (TPSA) is 78.9 Å². The number of piperidine rings is 1. The Balaban J connectivity index is 1.25. The van der Waals surface area contributed by atoms with Gasteiger partial charge in [0.1, 0.15) is 11.8 Å². The summed E-state index contributed by atoms with van der Waals surface area (Å²) in [6.45, 7) is 1.06. The number of carboxylic acids is 1. The predicted octanol–water partition coefficient (Wildman–Crippen LogP) is 6.75. The second kappa shape index (κ2) is 12.2. The quantitative estimate of drug-likeness (QED) is 0.359. The monoisotopic (exact) mass is 536 g/mol. The van der Waals surface area contributed by atoms with Gasteiger partial charge in [0.05, 0.1) is 10.6 Å². The zero-order valence-electron chi connectivity index (χ0n) is 21.8. The van der Waals surface area contributed by atoms with E-state index in [9.17, 15) is 14.7 Å². The van der Waals surface area contributed by atoms with Crippen LogP contribution in [0.15, 0.2) is 71.4 Å². The molecule has 1 aromatic carbocycles. The third kappa shape index (κ3) is 6.17. The first kappa shape index (κ1) is 26.6. The largest absolute Gasteiger partial charge is 0.480 e. The van der Waals surface area contributed by atoms with E-state index in [1.54, 1.807) is 24.3 Å². The molecule has 3 aliphatic carbocycles. The Morgan fingerprint density at radius 3 is 2.61 bits per heavy atom. The van der Waals surface area contributed by atoms with Gasteiger partial charge in [-0.1, -0.05) is 48.7 Å². The van der Waals surface area contributed by atoms with Crippen molar-refractivity contribution in [1.82, 2.24) is 10.2 Å². The Bertz CT molecular complexity index is 1180. The number of rotatable bonds is 8. The summed E-state index contributed by atoms with van der Waals surface area (Å²) in [4.78, 5) is 27.2. The summed E-state index contributed by atoms with van der Waals surface area (Å²) >= 11 is 6.12. The first-order chi connectivity index (χ1) is 18.5. The summed E-state index contributed by atoms with van der Waals surface area (Å²) in [5, 5.41) is 12.7. The van der Waals surface area contributed by atoms with Gasteiger partial charge in [-0.15, -0.1) is 0 Å². The van der Waals surface area contributed by atoms with E-state index in [0.29, 0.717) is 17.5 Å². The molecule has 2 N–H and O–H groups in total. The van der Waals surface area contributed by atoms with Gasteiger partial charge >= 0.3 is 5.97 Å². The molecule has 1 saturated heterocycles. The number of allylic oxidation sites excluding steroid dienone is 5. The minimum atomic E-state index is -1.09. The SMILES string of the molecule is O=C(NC(CC1=CCC=C(OC(=C2CCC2)N2CCCC3CCCCC32)C=C1)C(=O)O)c1ccccc1Cl. The normalized spacial score (nSPS) is 23.7. The van der Waals surface area contributed by atoms with E-state index >= 15 is 0 Å². The fourth-order valence-corrected chi connectivity index (χ4v) is 6.31. The van der Waals surface area contributed by atoms with E-state index in [1.807, 2.05) is 18.2 Å². The zero-order chi connectivity index (χ0) is 26.5. The van der Waals surface area contributed by atoms with Gasteiger partial charge in [-0.05, 0) is 92.7 Å². The van der Waals surface area contributed by atoms with Crippen LogP contribution in [0.2, 0.25) is 5.02 Å². The van der Waals surface area contributed by atoms with Crippen molar-refractivity contribution in [1.29, 1.82) is 0 Å². The molecule has 5 rings (SSSR count). The number of carbonyl (C=O) groups excluding carboxylic acids is 1. The first-order valence-corrected chi connectivity index (χ1v) is 14.4. The number of hydrogen-bond acceptors (Lipinski definition) is 4. The maximum Gasteiger partial charge on any atom is 0.326 e. The molecule has 3 fully saturated rings. The van der Waals surface area contributed by atoms with Crippen molar-refractivity contribution in [3.63, 3.8) is 0 Å². The molecule has 202 valence electrons. The first-order valence-electron chi connectivity index (χ1n) is 14.0. The maximum absolute atomic E-state index is 12.7. The summed E-state index contributed by atoms with van der Waals surface area (Å²) in [5.41, 5.74) is 2.53. The van der Waals surface area contributed by atoms with Gasteiger partial charge in [-0.25, -0.2) is 4.79 Å². The molecule has 3 unspecified atom stereocenters. The van der Waals surface area contributed by atoms with E-state index in [2.05, 4.69) is 16.3 Å². The number of nitrogens with zero attached hydrogens (tertiary/aromatic N) is 1. The van der Waals surface area contributed by atoms with Gasteiger partial charge < -0.3 is 20.1 Å². The standard InChI is InChI=1S/C31H37ClN2O4/c32-26-15-3-2-14-25(26)29(35)33-27(31(36)37)20-21-8-5-13-24(18-17-21)38-30(23-10-6-11-23)34-19-7-12-22-9-1-4-16-28(22)34/h2-3,8,13-15,17-18,22,27-28H,1,4-7,9-12,16,19-20H2,(H,33,35)(H,36,37). The van der Waals surface area contributed by atoms with Crippen LogP contribution in [-0.2, 0) is 9.53 Å². The van der Waals surface area contributed by atoms with Crippen molar-refractivity contribution < 1.29 is 19.4 Å². The molecule has 1 heterocycles.